The summed E-state index contributed by atoms with van der Waals surface area (Å²) < 4.78 is 1.11. The fraction of sp³-hybridized carbons (Fsp3) is 0.625. The van der Waals surface area contributed by atoms with Gasteiger partial charge in [0.25, 0.3) is 5.69 Å². The van der Waals surface area contributed by atoms with Crippen LogP contribution in [0, 0.1) is 10.1 Å². The highest BCUT2D eigenvalue weighted by Gasteiger charge is 2.26. The van der Waals surface area contributed by atoms with Crippen molar-refractivity contribution in [3.8, 4) is 0 Å². The number of quaternary nitrogens is 1. The smallest absolute Gasteiger partial charge is 0.271 e. The lowest BCUT2D eigenvalue weighted by molar-refractivity contribution is -0.894. The zero-order chi connectivity index (χ0) is 15.7. The van der Waals surface area contributed by atoms with Crippen LogP contribution in [0.3, 0.4) is 0 Å². The molecule has 1 aromatic carbocycles. The minimum Gasteiger partial charge on any atom is -0.369 e. The molecule has 1 saturated heterocycles. The summed E-state index contributed by atoms with van der Waals surface area (Å²) in [6, 6.07) is 5.26. The quantitative estimate of drug-likeness (QED) is 0.479. The van der Waals surface area contributed by atoms with Crippen LogP contribution in [0.2, 0.25) is 0 Å². The lowest BCUT2D eigenvalue weighted by Crippen LogP contribution is -2.55. The Morgan fingerprint density at radius 1 is 1.18 bits per heavy atom. The van der Waals surface area contributed by atoms with Crippen LogP contribution in [0.5, 0.6) is 0 Å². The molecule has 3 rings (SSSR count). The summed E-state index contributed by atoms with van der Waals surface area (Å²) in [5, 5.41) is 11.0. The minimum atomic E-state index is -0.304. The van der Waals surface area contributed by atoms with Crippen molar-refractivity contribution < 1.29 is 9.41 Å². The number of hydrogen-bond acceptors (Lipinski definition) is 4. The van der Waals surface area contributed by atoms with Crippen LogP contribution < -0.4 is 4.90 Å². The molecule has 0 radical (unpaired) electrons. The maximum Gasteiger partial charge on any atom is 0.271 e. The third-order valence-electron chi connectivity index (χ3n) is 5.00. The van der Waals surface area contributed by atoms with Gasteiger partial charge in [-0.25, -0.2) is 0 Å². The van der Waals surface area contributed by atoms with Crippen molar-refractivity contribution in [3.63, 3.8) is 0 Å². The minimum absolute atomic E-state index is 0.197. The number of nitrogens with zero attached hydrogens (tertiary/aromatic N) is 4. The molecule has 2 heterocycles. The first-order valence-corrected chi connectivity index (χ1v) is 8.01. The number of fused-ring (bicyclic) bond motifs is 1. The maximum absolute atomic E-state index is 11.0. The summed E-state index contributed by atoms with van der Waals surface area (Å²) in [7, 11) is 4.57. The molecular weight excluding hydrogens is 280 g/mol. The summed E-state index contributed by atoms with van der Waals surface area (Å²) in [6.45, 7) is 7.66. The lowest BCUT2D eigenvalue weighted by Gasteiger charge is -2.39. The number of rotatable bonds is 4. The normalized spacial score (nSPS) is 20.9. The number of piperazine rings is 1. The van der Waals surface area contributed by atoms with Gasteiger partial charge in [-0.3, -0.25) is 15.0 Å². The van der Waals surface area contributed by atoms with Crippen molar-refractivity contribution in [2.45, 2.75) is 6.42 Å². The van der Waals surface area contributed by atoms with E-state index in [0.29, 0.717) is 0 Å². The van der Waals surface area contributed by atoms with Crippen molar-refractivity contribution >= 4 is 11.4 Å². The van der Waals surface area contributed by atoms with Crippen LogP contribution in [0.15, 0.2) is 18.2 Å². The van der Waals surface area contributed by atoms with Gasteiger partial charge in [-0.05, 0) is 12.0 Å². The Morgan fingerprint density at radius 3 is 2.59 bits per heavy atom. The number of non-ortho nitro benzene ring substituents is 1. The van der Waals surface area contributed by atoms with Crippen LogP contribution in [-0.2, 0) is 6.42 Å². The summed E-state index contributed by atoms with van der Waals surface area (Å²) in [5.41, 5.74) is 2.49. The average molecular weight is 305 g/mol. The summed E-state index contributed by atoms with van der Waals surface area (Å²) in [4.78, 5) is 15.5. The van der Waals surface area contributed by atoms with E-state index in [1.165, 1.54) is 18.7 Å². The van der Waals surface area contributed by atoms with Gasteiger partial charge in [-0.15, -0.1) is 0 Å². The van der Waals surface area contributed by atoms with Gasteiger partial charge < -0.3 is 9.38 Å². The molecule has 0 bridgehead atoms. The van der Waals surface area contributed by atoms with E-state index in [1.807, 2.05) is 6.07 Å². The molecule has 0 unspecified atom stereocenters. The fourth-order valence-electron chi connectivity index (χ4n) is 3.31. The molecule has 0 atom stereocenters. The summed E-state index contributed by atoms with van der Waals surface area (Å²) >= 11 is 0. The van der Waals surface area contributed by atoms with Gasteiger partial charge in [0, 0.05) is 50.5 Å². The SMILES string of the molecule is C[N+]1(C)CCN(CCN2CCc3ccc([N+](=O)[O-])cc32)CC1. The van der Waals surface area contributed by atoms with Gasteiger partial charge in [0.05, 0.1) is 32.1 Å². The number of anilines is 1. The molecule has 1 aromatic rings. The Bertz CT molecular complexity index is 563. The third kappa shape index (κ3) is 3.23. The fourth-order valence-corrected chi connectivity index (χ4v) is 3.31. The van der Waals surface area contributed by atoms with Crippen LogP contribution in [0.4, 0.5) is 11.4 Å². The molecule has 0 spiro atoms. The molecule has 0 aliphatic carbocycles. The molecule has 120 valence electrons. The van der Waals surface area contributed by atoms with Gasteiger partial charge in [-0.1, -0.05) is 6.07 Å². The molecule has 0 N–H and O–H groups in total. The Morgan fingerprint density at radius 2 is 1.91 bits per heavy atom. The van der Waals surface area contributed by atoms with Crippen molar-refractivity contribution in [2.24, 2.45) is 0 Å². The van der Waals surface area contributed by atoms with E-state index in [0.717, 1.165) is 49.3 Å². The highest BCUT2D eigenvalue weighted by Crippen LogP contribution is 2.31. The van der Waals surface area contributed by atoms with Crippen LogP contribution >= 0.6 is 0 Å². The zero-order valence-electron chi connectivity index (χ0n) is 13.5. The number of hydrogen-bond donors (Lipinski definition) is 0. The topological polar surface area (TPSA) is 49.6 Å². The summed E-state index contributed by atoms with van der Waals surface area (Å²) in [5.74, 6) is 0. The Labute approximate surface area is 131 Å². The van der Waals surface area contributed by atoms with E-state index in [4.69, 9.17) is 0 Å². The number of benzene rings is 1. The highest BCUT2D eigenvalue weighted by molar-refractivity contribution is 5.62. The molecule has 1 fully saturated rings. The van der Waals surface area contributed by atoms with Crippen molar-refractivity contribution in [2.75, 3.05) is 64.8 Å². The standard InChI is InChI=1S/C16H25N4O2/c1-20(2)11-9-17(10-12-20)7-8-18-6-5-14-3-4-15(19(21)22)13-16(14)18/h3-4,13H,5-12H2,1-2H3/q+1. The number of nitro groups is 1. The largest absolute Gasteiger partial charge is 0.369 e. The molecule has 22 heavy (non-hydrogen) atoms. The maximum atomic E-state index is 11.0. The van der Waals surface area contributed by atoms with Crippen LogP contribution in [-0.4, -0.2) is 74.2 Å². The van der Waals surface area contributed by atoms with Crippen molar-refractivity contribution in [1.29, 1.82) is 0 Å². The molecule has 0 aromatic heterocycles. The predicted octanol–water partition coefficient (Wildman–Crippen LogP) is 1.35. The second-order valence-electron chi connectivity index (χ2n) is 7.03. The Hall–Kier alpha value is -1.66. The first kappa shape index (κ1) is 15.2. The van der Waals surface area contributed by atoms with E-state index < -0.39 is 0 Å². The number of nitro benzene ring substituents is 1. The molecule has 2 aliphatic heterocycles. The van der Waals surface area contributed by atoms with Crippen molar-refractivity contribution in [1.82, 2.24) is 4.90 Å². The Balaban J connectivity index is 1.60. The van der Waals surface area contributed by atoms with Crippen LogP contribution in [0.25, 0.3) is 0 Å². The van der Waals surface area contributed by atoms with Crippen LogP contribution in [0.1, 0.15) is 5.56 Å². The van der Waals surface area contributed by atoms with E-state index in [2.05, 4.69) is 23.9 Å². The van der Waals surface area contributed by atoms with E-state index in [-0.39, 0.29) is 10.6 Å². The zero-order valence-corrected chi connectivity index (χ0v) is 13.5. The second-order valence-corrected chi connectivity index (χ2v) is 7.03. The first-order chi connectivity index (χ1) is 10.4. The lowest BCUT2D eigenvalue weighted by atomic mass is 10.1. The van der Waals surface area contributed by atoms with E-state index in [1.54, 1.807) is 12.1 Å². The average Bonchev–Trinajstić information content (AvgIpc) is 2.88. The first-order valence-electron chi connectivity index (χ1n) is 8.01. The highest BCUT2D eigenvalue weighted by atomic mass is 16.6. The van der Waals surface area contributed by atoms with Gasteiger partial charge >= 0.3 is 0 Å². The Kier molecular flexibility index (Phi) is 4.06. The van der Waals surface area contributed by atoms with Crippen molar-refractivity contribution in [3.05, 3.63) is 33.9 Å². The molecule has 6 heteroatoms. The van der Waals surface area contributed by atoms with Gasteiger partial charge in [-0.2, -0.15) is 0 Å². The molecular formula is C16H25N4O2+. The van der Waals surface area contributed by atoms with E-state index >= 15 is 0 Å². The predicted molar refractivity (Wildman–Crippen MR) is 87.3 cm³/mol. The van der Waals surface area contributed by atoms with Gasteiger partial charge in [0.2, 0.25) is 0 Å². The third-order valence-corrected chi connectivity index (χ3v) is 5.00. The van der Waals surface area contributed by atoms with E-state index in [9.17, 15) is 10.1 Å². The second kappa shape index (κ2) is 5.85. The molecule has 6 nitrogen and oxygen atoms in total. The number of likely N-dealkylation sites (N-methyl/N-ethyl adjacent to an activating group) is 1. The summed E-state index contributed by atoms with van der Waals surface area (Å²) in [6.07, 6.45) is 0.997. The van der Waals surface area contributed by atoms with Gasteiger partial charge in [0.1, 0.15) is 0 Å². The molecule has 2 aliphatic rings. The van der Waals surface area contributed by atoms with Gasteiger partial charge in [0.15, 0.2) is 0 Å². The molecule has 0 amide bonds. The monoisotopic (exact) mass is 305 g/mol. The molecule has 0 saturated carbocycles.